The molecule has 2 aromatic rings. The molecule has 0 aliphatic carbocycles. The monoisotopic (exact) mass is 377 g/mol. The number of aromatic nitrogens is 2. The van der Waals surface area contributed by atoms with E-state index in [0.29, 0.717) is 5.56 Å². The largest absolute Gasteiger partial charge is 0.388 e. The lowest BCUT2D eigenvalue weighted by Crippen LogP contribution is -2.36. The molecular weight excluding hydrogens is 357 g/mol. The van der Waals surface area contributed by atoms with Crippen LogP contribution in [0.3, 0.4) is 0 Å². The molecule has 144 valence electrons. The topological polar surface area (TPSA) is 114 Å². The minimum Gasteiger partial charge on any atom is -0.388 e. The second kappa shape index (κ2) is 7.18. The third kappa shape index (κ3) is 3.61. The summed E-state index contributed by atoms with van der Waals surface area (Å²) < 4.78 is 20.4. The number of amides is 1. The first-order chi connectivity index (χ1) is 12.7. The third-order valence-corrected chi connectivity index (χ3v) is 4.66. The second-order valence-corrected chi connectivity index (χ2v) is 6.59. The Labute approximate surface area is 154 Å². The summed E-state index contributed by atoms with van der Waals surface area (Å²) in [5.41, 5.74) is 1.27. The predicted octanol–water partition coefficient (Wildman–Crippen LogP) is 0.891. The van der Waals surface area contributed by atoms with Gasteiger partial charge in [0.15, 0.2) is 17.9 Å². The molecule has 8 nitrogen and oxygen atoms in total. The highest BCUT2D eigenvalue weighted by Gasteiger charge is 2.42. The summed E-state index contributed by atoms with van der Waals surface area (Å²) in [6, 6.07) is 4.99. The SMILES string of the molecule is Cc1ccc(C(=O)Nc2nc(=O)n([C@@H]3O[C@H](C)C(O)C3O)cc2F)cc1C. The molecule has 1 aliphatic heterocycles. The highest BCUT2D eigenvalue weighted by atomic mass is 19.1. The standard InChI is InChI=1S/C18H20FN3O5/c1-8-4-5-11(6-9(8)2)16(25)20-15-12(19)7-22(18(26)21-15)17-14(24)13(23)10(3)27-17/h4-7,10,13-14,17,23-24H,1-3H3,(H,20,21,25,26)/t10-,13?,14?,17-/m1/s1. The molecule has 1 saturated heterocycles. The number of halogens is 1. The van der Waals surface area contributed by atoms with Crippen molar-refractivity contribution in [1.82, 2.24) is 9.55 Å². The molecule has 1 fully saturated rings. The quantitative estimate of drug-likeness (QED) is 0.732. The number of anilines is 1. The molecule has 0 radical (unpaired) electrons. The van der Waals surface area contributed by atoms with Crippen molar-refractivity contribution in [3.05, 3.63) is 57.4 Å². The number of nitrogens with one attached hydrogen (secondary N) is 1. The van der Waals surface area contributed by atoms with E-state index in [1.807, 2.05) is 13.8 Å². The van der Waals surface area contributed by atoms with Gasteiger partial charge in [-0.2, -0.15) is 4.98 Å². The van der Waals surface area contributed by atoms with Gasteiger partial charge in [-0.05, 0) is 44.0 Å². The first kappa shape index (κ1) is 19.2. The first-order valence-corrected chi connectivity index (χ1v) is 8.38. The summed E-state index contributed by atoms with van der Waals surface area (Å²) >= 11 is 0. The van der Waals surface area contributed by atoms with Crippen molar-refractivity contribution in [2.24, 2.45) is 0 Å². The van der Waals surface area contributed by atoms with E-state index in [4.69, 9.17) is 4.74 Å². The molecular formula is C18H20FN3O5. The molecule has 0 saturated carbocycles. The fourth-order valence-corrected chi connectivity index (χ4v) is 2.83. The van der Waals surface area contributed by atoms with Gasteiger partial charge in [-0.25, -0.2) is 9.18 Å². The summed E-state index contributed by atoms with van der Waals surface area (Å²) in [6.45, 7) is 5.25. The normalized spacial score (nSPS) is 24.8. The van der Waals surface area contributed by atoms with Crippen LogP contribution in [-0.2, 0) is 4.74 Å². The fraction of sp³-hybridized carbons (Fsp3) is 0.389. The number of hydrogen-bond acceptors (Lipinski definition) is 6. The summed E-state index contributed by atoms with van der Waals surface area (Å²) in [7, 11) is 0. The van der Waals surface area contributed by atoms with Crippen LogP contribution in [0.5, 0.6) is 0 Å². The van der Waals surface area contributed by atoms with Crippen LogP contribution in [0.1, 0.15) is 34.6 Å². The van der Waals surface area contributed by atoms with Crippen molar-refractivity contribution in [3.63, 3.8) is 0 Å². The number of rotatable bonds is 3. The number of carbonyl (C=O) groups excluding carboxylic acids is 1. The van der Waals surface area contributed by atoms with Crippen LogP contribution in [0.15, 0.2) is 29.2 Å². The van der Waals surface area contributed by atoms with Crippen molar-refractivity contribution in [2.75, 3.05) is 5.32 Å². The Balaban J connectivity index is 1.86. The van der Waals surface area contributed by atoms with E-state index in [1.54, 1.807) is 18.2 Å². The van der Waals surface area contributed by atoms with Gasteiger partial charge >= 0.3 is 5.69 Å². The Morgan fingerprint density at radius 3 is 2.56 bits per heavy atom. The summed E-state index contributed by atoms with van der Waals surface area (Å²) in [5.74, 6) is -2.11. The lowest BCUT2D eigenvalue weighted by Gasteiger charge is -2.17. The molecule has 27 heavy (non-hydrogen) atoms. The minimum atomic E-state index is -1.41. The van der Waals surface area contributed by atoms with Gasteiger partial charge in [0.05, 0.1) is 12.3 Å². The number of nitrogens with zero attached hydrogens (tertiary/aromatic N) is 2. The maximum Gasteiger partial charge on any atom is 0.351 e. The Morgan fingerprint density at radius 2 is 1.96 bits per heavy atom. The lowest BCUT2D eigenvalue weighted by atomic mass is 10.1. The molecule has 2 heterocycles. The Kier molecular flexibility index (Phi) is 5.09. The summed E-state index contributed by atoms with van der Waals surface area (Å²) in [5, 5.41) is 22.0. The maximum atomic E-state index is 14.4. The van der Waals surface area contributed by atoms with Gasteiger partial charge in [0.1, 0.15) is 12.2 Å². The van der Waals surface area contributed by atoms with Crippen LogP contribution in [-0.4, -0.2) is 44.0 Å². The molecule has 4 atom stereocenters. The zero-order valence-corrected chi connectivity index (χ0v) is 15.0. The van der Waals surface area contributed by atoms with E-state index in [-0.39, 0.29) is 0 Å². The Hall–Kier alpha value is -2.62. The van der Waals surface area contributed by atoms with E-state index in [0.717, 1.165) is 21.9 Å². The van der Waals surface area contributed by atoms with E-state index in [1.165, 1.54) is 6.92 Å². The second-order valence-electron chi connectivity index (χ2n) is 6.59. The van der Waals surface area contributed by atoms with Crippen LogP contribution < -0.4 is 11.0 Å². The highest BCUT2D eigenvalue weighted by molar-refractivity contribution is 6.03. The number of aryl methyl sites for hydroxylation is 2. The van der Waals surface area contributed by atoms with Gasteiger partial charge in [0.25, 0.3) is 5.91 Å². The fourth-order valence-electron chi connectivity index (χ4n) is 2.83. The van der Waals surface area contributed by atoms with Gasteiger partial charge in [0.2, 0.25) is 0 Å². The average molecular weight is 377 g/mol. The molecule has 1 amide bonds. The Bertz CT molecular complexity index is 945. The minimum absolute atomic E-state index is 0.301. The first-order valence-electron chi connectivity index (χ1n) is 8.38. The molecule has 1 aliphatic rings. The van der Waals surface area contributed by atoms with Crippen LogP contribution in [0.25, 0.3) is 0 Å². The van der Waals surface area contributed by atoms with Crippen molar-refractivity contribution in [2.45, 2.75) is 45.3 Å². The van der Waals surface area contributed by atoms with Crippen LogP contribution in [0.4, 0.5) is 10.2 Å². The van der Waals surface area contributed by atoms with E-state index >= 15 is 0 Å². The van der Waals surface area contributed by atoms with Crippen molar-refractivity contribution < 1.29 is 24.1 Å². The number of ether oxygens (including phenoxy) is 1. The van der Waals surface area contributed by atoms with Crippen molar-refractivity contribution >= 4 is 11.7 Å². The number of hydrogen-bond donors (Lipinski definition) is 3. The maximum absolute atomic E-state index is 14.4. The Morgan fingerprint density at radius 1 is 1.26 bits per heavy atom. The summed E-state index contributed by atoms with van der Waals surface area (Å²) in [4.78, 5) is 28.0. The molecule has 3 rings (SSSR count). The molecule has 2 unspecified atom stereocenters. The smallest absolute Gasteiger partial charge is 0.351 e. The van der Waals surface area contributed by atoms with Crippen molar-refractivity contribution in [3.8, 4) is 0 Å². The van der Waals surface area contributed by atoms with Crippen LogP contribution in [0.2, 0.25) is 0 Å². The third-order valence-electron chi connectivity index (χ3n) is 4.66. The predicted molar refractivity (Wildman–Crippen MR) is 93.9 cm³/mol. The van der Waals surface area contributed by atoms with Gasteiger partial charge in [-0.15, -0.1) is 0 Å². The number of aliphatic hydroxyl groups is 2. The van der Waals surface area contributed by atoms with Gasteiger partial charge in [-0.1, -0.05) is 6.07 Å². The number of carbonyl (C=O) groups is 1. The van der Waals surface area contributed by atoms with Gasteiger partial charge < -0.3 is 20.3 Å². The van der Waals surface area contributed by atoms with E-state index in [2.05, 4.69) is 10.3 Å². The van der Waals surface area contributed by atoms with Crippen LogP contribution in [0, 0.1) is 19.7 Å². The number of aliphatic hydroxyl groups excluding tert-OH is 2. The van der Waals surface area contributed by atoms with Gasteiger partial charge in [-0.3, -0.25) is 9.36 Å². The molecule has 0 bridgehead atoms. The van der Waals surface area contributed by atoms with Gasteiger partial charge in [0, 0.05) is 5.56 Å². The van der Waals surface area contributed by atoms with E-state index < -0.39 is 47.8 Å². The van der Waals surface area contributed by atoms with Crippen molar-refractivity contribution in [1.29, 1.82) is 0 Å². The zero-order valence-electron chi connectivity index (χ0n) is 15.0. The zero-order chi connectivity index (χ0) is 19.9. The number of benzene rings is 1. The average Bonchev–Trinajstić information content (AvgIpc) is 2.87. The molecule has 9 heteroatoms. The molecule has 3 N–H and O–H groups in total. The lowest BCUT2D eigenvalue weighted by molar-refractivity contribution is -0.0355. The summed E-state index contributed by atoms with van der Waals surface area (Å²) in [6.07, 6.45) is -3.84. The molecule has 1 aromatic carbocycles. The van der Waals surface area contributed by atoms with E-state index in [9.17, 15) is 24.2 Å². The van der Waals surface area contributed by atoms with Crippen LogP contribution >= 0.6 is 0 Å². The highest BCUT2D eigenvalue weighted by Crippen LogP contribution is 2.28. The molecule has 1 aromatic heterocycles. The molecule has 0 spiro atoms.